The summed E-state index contributed by atoms with van der Waals surface area (Å²) in [5.41, 5.74) is 2.53. The van der Waals surface area contributed by atoms with Crippen LogP contribution in [0, 0.1) is 6.92 Å². The summed E-state index contributed by atoms with van der Waals surface area (Å²) >= 11 is 0. The molecule has 1 aromatic heterocycles. The van der Waals surface area contributed by atoms with Gasteiger partial charge in [-0.05, 0) is 37.9 Å². The van der Waals surface area contributed by atoms with Crippen LogP contribution < -0.4 is 10.2 Å². The van der Waals surface area contributed by atoms with E-state index in [0.29, 0.717) is 11.9 Å². The third kappa shape index (κ3) is 4.04. The Balaban J connectivity index is 2.02. The first-order valence-corrected chi connectivity index (χ1v) is 7.44. The molecular formula is C16H24N4O. The molecule has 1 heterocycles. The van der Waals surface area contributed by atoms with Crippen LogP contribution in [0.2, 0.25) is 0 Å². The van der Waals surface area contributed by atoms with Crippen molar-refractivity contribution in [3.8, 4) is 0 Å². The van der Waals surface area contributed by atoms with Crippen LogP contribution >= 0.6 is 0 Å². The molecule has 1 unspecified atom stereocenters. The minimum Gasteiger partial charge on any atom is -0.406 e. The fourth-order valence-electron chi connectivity index (χ4n) is 2.11. The van der Waals surface area contributed by atoms with E-state index in [-0.39, 0.29) is 6.04 Å². The highest BCUT2D eigenvalue weighted by atomic mass is 16.4. The number of nitrogens with one attached hydrogen (secondary N) is 1. The van der Waals surface area contributed by atoms with E-state index in [0.717, 1.165) is 19.5 Å². The van der Waals surface area contributed by atoms with Crippen molar-refractivity contribution in [2.75, 3.05) is 18.5 Å². The van der Waals surface area contributed by atoms with Crippen molar-refractivity contribution in [1.29, 1.82) is 0 Å². The van der Waals surface area contributed by atoms with Crippen LogP contribution in [0.1, 0.15) is 43.3 Å². The number of aromatic nitrogens is 2. The molecule has 1 aromatic carbocycles. The predicted octanol–water partition coefficient (Wildman–Crippen LogP) is 3.08. The highest BCUT2D eigenvalue weighted by Gasteiger charge is 2.16. The standard InChI is InChI=1S/C16H24N4O/c1-5-10-17-13(3)15-18-19-16(21-15)20(4)11-14-9-7-6-8-12(14)2/h6-9,13,17H,5,10-11H2,1-4H3. The van der Waals surface area contributed by atoms with Gasteiger partial charge < -0.3 is 14.6 Å². The van der Waals surface area contributed by atoms with Gasteiger partial charge in [0, 0.05) is 13.6 Å². The predicted molar refractivity (Wildman–Crippen MR) is 84.3 cm³/mol. The van der Waals surface area contributed by atoms with Gasteiger partial charge in [0.25, 0.3) is 0 Å². The second kappa shape index (κ2) is 7.22. The highest BCUT2D eigenvalue weighted by Crippen LogP contribution is 2.19. The van der Waals surface area contributed by atoms with Crippen LogP contribution in [0.25, 0.3) is 0 Å². The molecule has 0 saturated carbocycles. The van der Waals surface area contributed by atoms with E-state index in [1.54, 1.807) is 0 Å². The van der Waals surface area contributed by atoms with E-state index in [9.17, 15) is 0 Å². The molecule has 0 spiro atoms. The summed E-state index contributed by atoms with van der Waals surface area (Å²) in [7, 11) is 1.97. The van der Waals surface area contributed by atoms with Gasteiger partial charge in [-0.3, -0.25) is 0 Å². The summed E-state index contributed by atoms with van der Waals surface area (Å²) in [6, 6.07) is 8.96. The Morgan fingerprint density at radius 3 is 2.76 bits per heavy atom. The van der Waals surface area contributed by atoms with Crippen molar-refractivity contribution in [2.24, 2.45) is 0 Å². The molecule has 2 rings (SSSR count). The third-order valence-electron chi connectivity index (χ3n) is 3.50. The van der Waals surface area contributed by atoms with Crippen molar-refractivity contribution >= 4 is 6.01 Å². The maximum Gasteiger partial charge on any atom is 0.318 e. The SMILES string of the molecule is CCCNC(C)c1nnc(N(C)Cc2ccccc2C)o1. The van der Waals surface area contributed by atoms with Crippen LogP contribution in [0.3, 0.4) is 0 Å². The van der Waals surface area contributed by atoms with E-state index < -0.39 is 0 Å². The summed E-state index contributed by atoms with van der Waals surface area (Å²) in [5.74, 6) is 0.634. The quantitative estimate of drug-likeness (QED) is 0.848. The molecule has 114 valence electrons. The maximum atomic E-state index is 5.76. The Morgan fingerprint density at radius 1 is 1.29 bits per heavy atom. The molecule has 0 aliphatic carbocycles. The summed E-state index contributed by atoms with van der Waals surface area (Å²) in [6.07, 6.45) is 1.08. The van der Waals surface area contributed by atoms with E-state index in [1.165, 1.54) is 11.1 Å². The smallest absolute Gasteiger partial charge is 0.318 e. The average molecular weight is 288 g/mol. The number of benzene rings is 1. The fraction of sp³-hybridized carbons (Fsp3) is 0.500. The molecule has 5 nitrogen and oxygen atoms in total. The van der Waals surface area contributed by atoms with Crippen LogP contribution in [0.15, 0.2) is 28.7 Å². The Bertz CT molecular complexity index is 567. The van der Waals surface area contributed by atoms with E-state index in [1.807, 2.05) is 31.0 Å². The Kier molecular flexibility index (Phi) is 5.33. The number of hydrogen-bond donors (Lipinski definition) is 1. The molecule has 1 N–H and O–H groups in total. The van der Waals surface area contributed by atoms with Gasteiger partial charge in [-0.25, -0.2) is 0 Å². The molecule has 0 radical (unpaired) electrons. The lowest BCUT2D eigenvalue weighted by molar-refractivity contribution is 0.416. The van der Waals surface area contributed by atoms with Crippen LogP contribution in [-0.2, 0) is 6.54 Å². The first-order chi connectivity index (χ1) is 10.1. The molecule has 0 aliphatic rings. The van der Waals surface area contributed by atoms with Gasteiger partial charge >= 0.3 is 6.01 Å². The van der Waals surface area contributed by atoms with Crippen molar-refractivity contribution in [2.45, 2.75) is 39.8 Å². The second-order valence-electron chi connectivity index (χ2n) is 5.38. The van der Waals surface area contributed by atoms with Crippen LogP contribution in [-0.4, -0.2) is 23.8 Å². The molecule has 0 amide bonds. The van der Waals surface area contributed by atoms with Crippen LogP contribution in [0.5, 0.6) is 0 Å². The van der Waals surface area contributed by atoms with E-state index in [2.05, 4.69) is 41.5 Å². The lowest BCUT2D eigenvalue weighted by atomic mass is 10.1. The molecule has 0 bridgehead atoms. The molecular weight excluding hydrogens is 264 g/mol. The van der Waals surface area contributed by atoms with Gasteiger partial charge in [-0.15, -0.1) is 5.10 Å². The number of nitrogens with zero attached hydrogens (tertiary/aromatic N) is 3. The maximum absolute atomic E-state index is 5.76. The fourth-order valence-corrected chi connectivity index (χ4v) is 2.11. The summed E-state index contributed by atoms with van der Waals surface area (Å²) in [6.45, 7) is 7.98. The largest absolute Gasteiger partial charge is 0.406 e. The van der Waals surface area contributed by atoms with Gasteiger partial charge in [0.2, 0.25) is 5.89 Å². The minimum atomic E-state index is 0.0815. The van der Waals surface area contributed by atoms with Crippen molar-refractivity contribution in [1.82, 2.24) is 15.5 Å². The van der Waals surface area contributed by atoms with E-state index in [4.69, 9.17) is 4.42 Å². The zero-order valence-electron chi connectivity index (χ0n) is 13.3. The topological polar surface area (TPSA) is 54.2 Å². The highest BCUT2D eigenvalue weighted by molar-refractivity contribution is 5.31. The lowest BCUT2D eigenvalue weighted by Crippen LogP contribution is -2.19. The third-order valence-corrected chi connectivity index (χ3v) is 3.50. The molecule has 21 heavy (non-hydrogen) atoms. The molecule has 0 fully saturated rings. The number of anilines is 1. The summed E-state index contributed by atoms with van der Waals surface area (Å²) in [5, 5.41) is 11.6. The van der Waals surface area contributed by atoms with Gasteiger partial charge in [0.15, 0.2) is 0 Å². The lowest BCUT2D eigenvalue weighted by Gasteiger charge is -2.15. The Morgan fingerprint density at radius 2 is 2.05 bits per heavy atom. The molecule has 1 atom stereocenters. The van der Waals surface area contributed by atoms with Crippen molar-refractivity contribution in [3.05, 3.63) is 41.3 Å². The van der Waals surface area contributed by atoms with Crippen molar-refractivity contribution in [3.63, 3.8) is 0 Å². The zero-order chi connectivity index (χ0) is 15.2. The van der Waals surface area contributed by atoms with E-state index >= 15 is 0 Å². The normalized spacial score (nSPS) is 12.4. The molecule has 0 saturated heterocycles. The molecule has 2 aromatic rings. The van der Waals surface area contributed by atoms with Gasteiger partial charge in [-0.1, -0.05) is 36.3 Å². The number of hydrogen-bond acceptors (Lipinski definition) is 5. The number of rotatable bonds is 7. The van der Waals surface area contributed by atoms with Gasteiger partial charge in [0.1, 0.15) is 0 Å². The molecule has 5 heteroatoms. The zero-order valence-corrected chi connectivity index (χ0v) is 13.3. The summed E-state index contributed by atoms with van der Waals surface area (Å²) in [4.78, 5) is 1.98. The molecule has 0 aliphatic heterocycles. The second-order valence-corrected chi connectivity index (χ2v) is 5.38. The Hall–Kier alpha value is -1.88. The average Bonchev–Trinajstić information content (AvgIpc) is 2.97. The minimum absolute atomic E-state index is 0.0815. The first kappa shape index (κ1) is 15.5. The first-order valence-electron chi connectivity index (χ1n) is 7.44. The number of aryl methyl sites for hydroxylation is 1. The van der Waals surface area contributed by atoms with Gasteiger partial charge in [0.05, 0.1) is 6.04 Å². The summed E-state index contributed by atoms with van der Waals surface area (Å²) < 4.78 is 5.76. The van der Waals surface area contributed by atoms with Crippen LogP contribution in [0.4, 0.5) is 6.01 Å². The Labute approximate surface area is 126 Å². The van der Waals surface area contributed by atoms with Crippen molar-refractivity contribution < 1.29 is 4.42 Å². The monoisotopic (exact) mass is 288 g/mol. The van der Waals surface area contributed by atoms with Gasteiger partial charge in [-0.2, -0.15) is 0 Å².